The molecule has 2 amide bonds. The van der Waals surface area contributed by atoms with Gasteiger partial charge in [0.05, 0.1) is 11.9 Å². The van der Waals surface area contributed by atoms with Gasteiger partial charge in [0.2, 0.25) is 0 Å². The third kappa shape index (κ3) is 3.90. The minimum absolute atomic E-state index is 0.0697. The summed E-state index contributed by atoms with van der Waals surface area (Å²) in [5.74, 6) is -1.18. The highest BCUT2D eigenvalue weighted by Crippen LogP contribution is 2.32. The number of carbonyl (C=O) groups excluding carboxylic acids is 2. The molecule has 0 radical (unpaired) electrons. The minimum Gasteiger partial charge on any atom is -0.337 e. The van der Waals surface area contributed by atoms with Gasteiger partial charge < -0.3 is 10.2 Å². The number of nitrogens with one attached hydrogen (secondary N) is 1. The van der Waals surface area contributed by atoms with E-state index in [1.165, 1.54) is 17.8 Å². The number of carbonyl (C=O) groups is 2. The molecule has 1 aliphatic rings. The second-order valence-corrected chi connectivity index (χ2v) is 7.89. The number of aromatic nitrogens is 5. The lowest BCUT2D eigenvalue weighted by Gasteiger charge is -2.27. The summed E-state index contributed by atoms with van der Waals surface area (Å²) < 4.78 is 42.1. The van der Waals surface area contributed by atoms with Crippen LogP contribution in [0.2, 0.25) is 5.02 Å². The average molecular weight is 470 g/mol. The summed E-state index contributed by atoms with van der Waals surface area (Å²) in [6.07, 6.45) is -0.625. The van der Waals surface area contributed by atoms with Crippen LogP contribution < -0.4 is 5.32 Å². The monoisotopic (exact) mass is 469 g/mol. The summed E-state index contributed by atoms with van der Waals surface area (Å²) in [5, 5.41) is 9.97. The number of hydrogen-bond acceptors (Lipinski definition) is 5. The summed E-state index contributed by atoms with van der Waals surface area (Å²) in [7, 11) is 1.56. The van der Waals surface area contributed by atoms with Gasteiger partial charge in [-0.2, -0.15) is 23.4 Å². The molecule has 13 heteroatoms. The Kier molecular flexibility index (Phi) is 5.57. The Morgan fingerprint density at radius 3 is 2.53 bits per heavy atom. The molecule has 0 spiro atoms. The third-order valence-corrected chi connectivity index (χ3v) is 5.55. The van der Waals surface area contributed by atoms with Crippen molar-refractivity contribution >= 4 is 34.7 Å². The van der Waals surface area contributed by atoms with Gasteiger partial charge in [0.25, 0.3) is 11.8 Å². The van der Waals surface area contributed by atoms with E-state index in [4.69, 9.17) is 11.6 Å². The second kappa shape index (κ2) is 8.08. The van der Waals surface area contributed by atoms with E-state index in [0.29, 0.717) is 17.6 Å². The summed E-state index contributed by atoms with van der Waals surface area (Å²) in [6.45, 7) is 2.58. The number of anilines is 1. The topological polar surface area (TPSA) is 97.4 Å². The first-order valence-corrected chi connectivity index (χ1v) is 10.2. The van der Waals surface area contributed by atoms with Gasteiger partial charge in [-0.05, 0) is 32.3 Å². The molecule has 1 aliphatic heterocycles. The molecule has 4 heterocycles. The quantitative estimate of drug-likeness (QED) is 0.634. The van der Waals surface area contributed by atoms with Gasteiger partial charge >= 0.3 is 6.18 Å². The Bertz CT molecular complexity index is 1210. The second-order valence-electron chi connectivity index (χ2n) is 7.52. The highest BCUT2D eigenvalue weighted by molar-refractivity contribution is 6.37. The zero-order valence-corrected chi connectivity index (χ0v) is 18.0. The number of amides is 2. The highest BCUT2D eigenvalue weighted by atomic mass is 35.5. The van der Waals surface area contributed by atoms with Crippen LogP contribution in [0.1, 0.15) is 51.6 Å². The lowest BCUT2D eigenvalue weighted by Crippen LogP contribution is -2.37. The number of alkyl halides is 3. The van der Waals surface area contributed by atoms with Crippen molar-refractivity contribution in [3.8, 4) is 0 Å². The molecule has 1 N–H and O–H groups in total. The van der Waals surface area contributed by atoms with E-state index >= 15 is 0 Å². The lowest BCUT2D eigenvalue weighted by molar-refractivity contribution is -0.142. The van der Waals surface area contributed by atoms with Crippen molar-refractivity contribution in [3.05, 3.63) is 40.1 Å². The molecule has 1 saturated heterocycles. The molecule has 0 unspecified atom stereocenters. The van der Waals surface area contributed by atoms with Crippen LogP contribution in [0.15, 0.2) is 12.3 Å². The van der Waals surface area contributed by atoms with E-state index in [1.807, 2.05) is 0 Å². The van der Waals surface area contributed by atoms with Crippen molar-refractivity contribution in [1.82, 2.24) is 29.3 Å². The van der Waals surface area contributed by atoms with E-state index in [1.54, 1.807) is 11.9 Å². The molecular formula is C19H19ClF3N7O2. The van der Waals surface area contributed by atoms with Gasteiger partial charge in [-0.1, -0.05) is 11.6 Å². The van der Waals surface area contributed by atoms with Gasteiger partial charge in [0, 0.05) is 25.8 Å². The number of piperidine rings is 1. The SMILES string of the molecule is Cc1cc(C(F)(F)F)n2nc(C(=O)Nc3cnn(C)c3C(=O)N3CCCCC3)c(Cl)c2n1. The van der Waals surface area contributed by atoms with Gasteiger partial charge in [0.15, 0.2) is 11.3 Å². The summed E-state index contributed by atoms with van der Waals surface area (Å²) in [5.41, 5.74) is -1.51. The van der Waals surface area contributed by atoms with Crippen molar-refractivity contribution in [1.29, 1.82) is 0 Å². The first kappa shape index (κ1) is 22.1. The fourth-order valence-electron chi connectivity index (χ4n) is 3.67. The number of halogens is 4. The molecule has 32 heavy (non-hydrogen) atoms. The fourth-order valence-corrected chi connectivity index (χ4v) is 3.92. The fraction of sp³-hybridized carbons (Fsp3) is 0.421. The molecule has 0 saturated carbocycles. The van der Waals surface area contributed by atoms with Gasteiger partial charge in [-0.15, -0.1) is 0 Å². The predicted octanol–water partition coefficient (Wildman–Crippen LogP) is 3.32. The molecule has 0 aliphatic carbocycles. The first-order valence-electron chi connectivity index (χ1n) is 9.83. The van der Waals surface area contributed by atoms with Crippen LogP contribution >= 0.6 is 11.6 Å². The maximum absolute atomic E-state index is 13.4. The summed E-state index contributed by atoms with van der Waals surface area (Å²) in [4.78, 5) is 31.5. The molecule has 1 fully saturated rings. The Balaban J connectivity index is 1.69. The lowest BCUT2D eigenvalue weighted by atomic mass is 10.1. The van der Waals surface area contributed by atoms with E-state index in [0.717, 1.165) is 25.3 Å². The smallest absolute Gasteiger partial charge is 0.337 e. The van der Waals surface area contributed by atoms with Crippen LogP contribution in [0.25, 0.3) is 5.65 Å². The number of nitrogens with zero attached hydrogens (tertiary/aromatic N) is 6. The number of aryl methyl sites for hydroxylation is 2. The molecule has 3 aromatic rings. The third-order valence-electron chi connectivity index (χ3n) is 5.20. The largest absolute Gasteiger partial charge is 0.433 e. The zero-order chi connectivity index (χ0) is 23.2. The first-order chi connectivity index (χ1) is 15.1. The molecule has 0 atom stereocenters. The van der Waals surface area contributed by atoms with Crippen LogP contribution in [-0.2, 0) is 13.2 Å². The molecule has 3 aromatic heterocycles. The van der Waals surface area contributed by atoms with Gasteiger partial charge in [0.1, 0.15) is 16.4 Å². The highest BCUT2D eigenvalue weighted by Gasteiger charge is 2.36. The Labute approximate surface area is 185 Å². The predicted molar refractivity (Wildman–Crippen MR) is 109 cm³/mol. The summed E-state index contributed by atoms with van der Waals surface area (Å²) in [6, 6.07) is 0.814. The van der Waals surface area contributed by atoms with E-state index in [9.17, 15) is 22.8 Å². The minimum atomic E-state index is -4.73. The number of fused-ring (bicyclic) bond motifs is 1. The van der Waals surface area contributed by atoms with Crippen molar-refractivity contribution < 1.29 is 22.8 Å². The maximum atomic E-state index is 13.4. The molecule has 0 bridgehead atoms. The Morgan fingerprint density at radius 2 is 1.88 bits per heavy atom. The molecule has 0 aromatic carbocycles. The van der Waals surface area contributed by atoms with Crippen molar-refractivity contribution in [3.63, 3.8) is 0 Å². The standard InChI is InChI=1S/C19H19ClF3N7O2/c1-10-8-12(19(21,22)23)30-16(25-10)13(20)14(27-30)17(31)26-11-9-24-28(2)15(11)18(32)29-6-4-3-5-7-29/h8-9H,3-7H2,1-2H3,(H,26,31). The number of likely N-dealkylation sites (tertiary alicyclic amines) is 1. The Hall–Kier alpha value is -3.15. The molecule has 9 nitrogen and oxygen atoms in total. The van der Waals surface area contributed by atoms with E-state index in [2.05, 4.69) is 20.5 Å². The van der Waals surface area contributed by atoms with Crippen molar-refractivity contribution in [2.75, 3.05) is 18.4 Å². The van der Waals surface area contributed by atoms with Crippen LogP contribution in [0.5, 0.6) is 0 Å². The zero-order valence-electron chi connectivity index (χ0n) is 17.2. The van der Waals surface area contributed by atoms with Crippen LogP contribution in [0.4, 0.5) is 18.9 Å². The Morgan fingerprint density at radius 1 is 1.19 bits per heavy atom. The van der Waals surface area contributed by atoms with E-state index < -0.39 is 23.5 Å². The maximum Gasteiger partial charge on any atom is 0.433 e. The molecule has 170 valence electrons. The van der Waals surface area contributed by atoms with E-state index in [-0.39, 0.29) is 33.7 Å². The average Bonchev–Trinajstić information content (AvgIpc) is 3.26. The molecular weight excluding hydrogens is 451 g/mol. The summed E-state index contributed by atoms with van der Waals surface area (Å²) >= 11 is 6.17. The normalized spacial score (nSPS) is 14.8. The van der Waals surface area contributed by atoms with Crippen LogP contribution in [0.3, 0.4) is 0 Å². The molecule has 4 rings (SSSR count). The van der Waals surface area contributed by atoms with Gasteiger partial charge in [-0.3, -0.25) is 14.3 Å². The van der Waals surface area contributed by atoms with Gasteiger partial charge in [-0.25, -0.2) is 9.50 Å². The van der Waals surface area contributed by atoms with Crippen molar-refractivity contribution in [2.24, 2.45) is 7.05 Å². The van der Waals surface area contributed by atoms with Crippen LogP contribution in [0, 0.1) is 6.92 Å². The number of rotatable bonds is 3. The van der Waals surface area contributed by atoms with Crippen molar-refractivity contribution in [2.45, 2.75) is 32.4 Å². The number of hydrogen-bond donors (Lipinski definition) is 1. The van der Waals surface area contributed by atoms with Crippen LogP contribution in [-0.4, -0.2) is 54.2 Å².